The third kappa shape index (κ3) is 3.95. The highest BCUT2D eigenvalue weighted by Crippen LogP contribution is 2.25. The minimum Gasteiger partial charge on any atom is -0.383 e. The molecule has 0 aliphatic heterocycles. The van der Waals surface area contributed by atoms with E-state index in [0.29, 0.717) is 6.04 Å². The molecule has 3 heteroatoms. The second kappa shape index (κ2) is 6.40. The number of nitrogens with one attached hydrogen (secondary N) is 1. The largest absolute Gasteiger partial charge is 0.383 e. The summed E-state index contributed by atoms with van der Waals surface area (Å²) in [5, 5.41) is 3.61. The molecule has 1 aliphatic rings. The van der Waals surface area contributed by atoms with Gasteiger partial charge in [-0.2, -0.15) is 0 Å². The second-order valence-electron chi connectivity index (χ2n) is 5.70. The van der Waals surface area contributed by atoms with Gasteiger partial charge in [-0.3, -0.25) is 0 Å². The van der Waals surface area contributed by atoms with Gasteiger partial charge in [-0.25, -0.2) is 0 Å². The number of methoxy groups -OCH3 is 1. The summed E-state index contributed by atoms with van der Waals surface area (Å²) < 4.78 is 5.26. The zero-order valence-corrected chi connectivity index (χ0v) is 12.6. The minimum absolute atomic E-state index is 0.382. The molecule has 1 aromatic rings. The predicted octanol–water partition coefficient (Wildman–Crippen LogP) is 2.72. The number of aryl methyl sites for hydroxylation is 1. The lowest BCUT2D eigenvalue weighted by Crippen LogP contribution is -2.33. The molecule has 0 saturated heterocycles. The molecular weight excluding hydrogens is 236 g/mol. The standard InChI is InChI=1S/C16H26N2O/c1-12-5-8-16(18(3)13(2)11-19-4)14(9-12)10-17-15-6-7-15/h5,8-9,13,15,17H,6-7,10-11H2,1-4H3. The normalized spacial score (nSPS) is 16.4. The first-order chi connectivity index (χ1) is 9.11. The Balaban J connectivity index is 2.11. The average molecular weight is 262 g/mol. The first kappa shape index (κ1) is 14.4. The van der Waals surface area contributed by atoms with Crippen LogP contribution in [0.3, 0.4) is 0 Å². The smallest absolute Gasteiger partial charge is 0.0663 e. The first-order valence-electron chi connectivity index (χ1n) is 7.16. The van der Waals surface area contributed by atoms with E-state index in [2.05, 4.69) is 49.3 Å². The molecule has 1 saturated carbocycles. The molecule has 2 rings (SSSR count). The summed E-state index contributed by atoms with van der Waals surface area (Å²) >= 11 is 0. The fraction of sp³-hybridized carbons (Fsp3) is 0.625. The van der Waals surface area contributed by atoms with Gasteiger partial charge in [0.2, 0.25) is 0 Å². The Bertz CT molecular complexity index is 415. The van der Waals surface area contributed by atoms with Gasteiger partial charge < -0.3 is 15.0 Å². The van der Waals surface area contributed by atoms with E-state index in [9.17, 15) is 0 Å². The Morgan fingerprint density at radius 1 is 1.42 bits per heavy atom. The zero-order valence-electron chi connectivity index (χ0n) is 12.6. The van der Waals surface area contributed by atoms with E-state index in [4.69, 9.17) is 4.74 Å². The van der Waals surface area contributed by atoms with Crippen molar-refractivity contribution in [3.05, 3.63) is 29.3 Å². The fourth-order valence-corrected chi connectivity index (χ4v) is 2.33. The van der Waals surface area contributed by atoms with Crippen molar-refractivity contribution >= 4 is 5.69 Å². The van der Waals surface area contributed by atoms with Gasteiger partial charge in [0, 0.05) is 38.5 Å². The molecule has 0 radical (unpaired) electrons. The van der Waals surface area contributed by atoms with Gasteiger partial charge in [0.15, 0.2) is 0 Å². The number of ether oxygens (including phenoxy) is 1. The third-order valence-electron chi connectivity index (χ3n) is 3.84. The number of nitrogens with zero attached hydrogens (tertiary/aromatic N) is 1. The summed E-state index contributed by atoms with van der Waals surface area (Å²) in [6, 6.07) is 7.83. The van der Waals surface area contributed by atoms with Crippen LogP contribution in [-0.4, -0.2) is 32.8 Å². The van der Waals surface area contributed by atoms with Gasteiger partial charge in [-0.1, -0.05) is 17.7 Å². The summed E-state index contributed by atoms with van der Waals surface area (Å²) in [5.41, 5.74) is 4.02. The number of likely N-dealkylation sites (N-methyl/N-ethyl adjacent to an activating group) is 1. The SMILES string of the molecule is COCC(C)N(C)c1ccc(C)cc1CNC1CC1. The van der Waals surface area contributed by atoms with Gasteiger partial charge in [0.1, 0.15) is 0 Å². The maximum atomic E-state index is 5.26. The number of benzene rings is 1. The van der Waals surface area contributed by atoms with Crippen LogP contribution in [0.15, 0.2) is 18.2 Å². The summed E-state index contributed by atoms with van der Waals surface area (Å²) in [4.78, 5) is 2.31. The number of hydrogen-bond acceptors (Lipinski definition) is 3. The highest BCUT2D eigenvalue weighted by atomic mass is 16.5. The van der Waals surface area contributed by atoms with Crippen molar-refractivity contribution in [3.8, 4) is 0 Å². The molecule has 1 atom stereocenters. The van der Waals surface area contributed by atoms with E-state index in [1.165, 1.54) is 29.7 Å². The number of rotatable bonds is 7. The molecule has 106 valence electrons. The Morgan fingerprint density at radius 3 is 2.79 bits per heavy atom. The Morgan fingerprint density at radius 2 is 2.16 bits per heavy atom. The maximum Gasteiger partial charge on any atom is 0.0663 e. The van der Waals surface area contributed by atoms with Crippen LogP contribution >= 0.6 is 0 Å². The van der Waals surface area contributed by atoms with Gasteiger partial charge in [0.25, 0.3) is 0 Å². The van der Waals surface area contributed by atoms with E-state index < -0.39 is 0 Å². The molecule has 0 aromatic heterocycles. The van der Waals surface area contributed by atoms with Gasteiger partial charge in [-0.05, 0) is 38.3 Å². The first-order valence-corrected chi connectivity index (χ1v) is 7.16. The fourth-order valence-electron chi connectivity index (χ4n) is 2.33. The van der Waals surface area contributed by atoms with E-state index in [1.54, 1.807) is 7.11 Å². The van der Waals surface area contributed by atoms with Crippen LogP contribution in [0, 0.1) is 6.92 Å². The lowest BCUT2D eigenvalue weighted by molar-refractivity contribution is 0.183. The maximum absolute atomic E-state index is 5.26. The summed E-state index contributed by atoms with van der Waals surface area (Å²) in [5.74, 6) is 0. The van der Waals surface area contributed by atoms with Crippen molar-refractivity contribution in [2.75, 3.05) is 25.7 Å². The van der Waals surface area contributed by atoms with Crippen LogP contribution in [0.4, 0.5) is 5.69 Å². The van der Waals surface area contributed by atoms with Gasteiger partial charge in [-0.15, -0.1) is 0 Å². The van der Waals surface area contributed by atoms with Crippen molar-refractivity contribution in [2.45, 2.75) is 45.3 Å². The molecule has 3 nitrogen and oxygen atoms in total. The van der Waals surface area contributed by atoms with Gasteiger partial charge in [0.05, 0.1) is 6.61 Å². The van der Waals surface area contributed by atoms with Crippen LogP contribution in [0.25, 0.3) is 0 Å². The highest BCUT2D eigenvalue weighted by Gasteiger charge is 2.21. The third-order valence-corrected chi connectivity index (χ3v) is 3.84. The Kier molecular flexibility index (Phi) is 4.83. The molecule has 0 heterocycles. The molecule has 1 unspecified atom stereocenters. The summed E-state index contributed by atoms with van der Waals surface area (Å²) in [6.07, 6.45) is 2.66. The van der Waals surface area contributed by atoms with Crippen molar-refractivity contribution in [3.63, 3.8) is 0 Å². The summed E-state index contributed by atoms with van der Waals surface area (Å²) in [7, 11) is 3.91. The molecule has 0 amide bonds. The van der Waals surface area contributed by atoms with Crippen LogP contribution in [0.2, 0.25) is 0 Å². The zero-order chi connectivity index (χ0) is 13.8. The highest BCUT2D eigenvalue weighted by molar-refractivity contribution is 5.55. The number of hydrogen-bond donors (Lipinski definition) is 1. The van der Waals surface area contributed by atoms with Crippen molar-refractivity contribution in [2.24, 2.45) is 0 Å². The molecule has 0 bridgehead atoms. The van der Waals surface area contributed by atoms with Crippen LogP contribution in [0.1, 0.15) is 30.9 Å². The van der Waals surface area contributed by atoms with E-state index >= 15 is 0 Å². The van der Waals surface area contributed by atoms with E-state index in [1.807, 2.05) is 0 Å². The van der Waals surface area contributed by atoms with Crippen LogP contribution in [-0.2, 0) is 11.3 Å². The molecule has 19 heavy (non-hydrogen) atoms. The quantitative estimate of drug-likeness (QED) is 0.817. The van der Waals surface area contributed by atoms with Gasteiger partial charge >= 0.3 is 0 Å². The predicted molar refractivity (Wildman–Crippen MR) is 80.8 cm³/mol. The Labute approximate surface area is 116 Å². The second-order valence-corrected chi connectivity index (χ2v) is 5.70. The molecule has 1 aromatic carbocycles. The van der Waals surface area contributed by atoms with Crippen LogP contribution < -0.4 is 10.2 Å². The topological polar surface area (TPSA) is 24.5 Å². The molecule has 1 fully saturated rings. The molecule has 0 spiro atoms. The van der Waals surface area contributed by atoms with Crippen molar-refractivity contribution in [1.29, 1.82) is 0 Å². The molecular formula is C16H26N2O. The lowest BCUT2D eigenvalue weighted by atomic mass is 10.1. The van der Waals surface area contributed by atoms with Crippen molar-refractivity contribution in [1.82, 2.24) is 5.32 Å². The van der Waals surface area contributed by atoms with E-state index in [-0.39, 0.29) is 0 Å². The molecule has 1 N–H and O–H groups in total. The Hall–Kier alpha value is -1.06. The average Bonchev–Trinajstić information content (AvgIpc) is 3.20. The monoisotopic (exact) mass is 262 g/mol. The lowest BCUT2D eigenvalue weighted by Gasteiger charge is -2.29. The van der Waals surface area contributed by atoms with E-state index in [0.717, 1.165) is 19.2 Å². The van der Waals surface area contributed by atoms with Crippen LogP contribution in [0.5, 0.6) is 0 Å². The van der Waals surface area contributed by atoms with Crippen molar-refractivity contribution < 1.29 is 4.74 Å². The summed E-state index contributed by atoms with van der Waals surface area (Å²) in [6.45, 7) is 6.07. The number of anilines is 1. The minimum atomic E-state index is 0.382. The molecule has 1 aliphatic carbocycles.